The maximum Gasteiger partial charge on any atom is 0.305 e. The molecule has 0 aliphatic heterocycles. The number of rotatable bonds is 52. The van der Waals surface area contributed by atoms with Crippen LogP contribution in [0.1, 0.15) is 309 Å². The van der Waals surface area contributed by atoms with Gasteiger partial charge in [0.2, 0.25) is 5.91 Å². The second kappa shape index (κ2) is 52.2. The van der Waals surface area contributed by atoms with Crippen LogP contribution in [0.15, 0.2) is 12.2 Å². The summed E-state index contributed by atoms with van der Waals surface area (Å²) in [6, 6.07) is -0.545. The normalized spacial score (nSPS) is 12.6. The Bertz CT molecular complexity index is 924. The lowest BCUT2D eigenvalue weighted by atomic mass is 10.0. The van der Waals surface area contributed by atoms with Gasteiger partial charge in [0.05, 0.1) is 25.4 Å². The number of amides is 1. The molecule has 368 valence electrons. The molecule has 0 aromatic heterocycles. The monoisotopic (exact) mass is 876 g/mol. The van der Waals surface area contributed by atoms with Gasteiger partial charge in [-0.3, -0.25) is 9.59 Å². The average Bonchev–Trinajstić information content (AvgIpc) is 3.27. The van der Waals surface area contributed by atoms with E-state index in [0.29, 0.717) is 25.9 Å². The van der Waals surface area contributed by atoms with Crippen LogP contribution in [-0.4, -0.2) is 47.4 Å². The lowest BCUT2D eigenvalue weighted by Crippen LogP contribution is -2.45. The highest BCUT2D eigenvalue weighted by Crippen LogP contribution is 2.17. The van der Waals surface area contributed by atoms with E-state index >= 15 is 0 Å². The molecule has 2 unspecified atom stereocenters. The number of carbonyl (C=O) groups excluding carboxylic acids is 2. The van der Waals surface area contributed by atoms with Crippen molar-refractivity contribution in [2.24, 2.45) is 0 Å². The molecular weight excluding hydrogens is 767 g/mol. The van der Waals surface area contributed by atoms with Gasteiger partial charge in [-0.15, -0.1) is 0 Å². The first-order valence-electron chi connectivity index (χ1n) is 27.9. The van der Waals surface area contributed by atoms with Crippen molar-refractivity contribution < 1.29 is 24.5 Å². The van der Waals surface area contributed by atoms with Crippen LogP contribution in [0.5, 0.6) is 0 Å². The number of esters is 1. The van der Waals surface area contributed by atoms with Crippen LogP contribution >= 0.6 is 0 Å². The Morgan fingerprint density at radius 1 is 0.435 bits per heavy atom. The van der Waals surface area contributed by atoms with Crippen LogP contribution in [0, 0.1) is 0 Å². The van der Waals surface area contributed by atoms with Gasteiger partial charge in [0.25, 0.3) is 0 Å². The van der Waals surface area contributed by atoms with Crippen LogP contribution < -0.4 is 5.32 Å². The number of hydrogen-bond acceptors (Lipinski definition) is 5. The molecule has 0 aliphatic rings. The van der Waals surface area contributed by atoms with E-state index in [1.54, 1.807) is 0 Å². The second-order valence-electron chi connectivity index (χ2n) is 19.3. The Kier molecular flexibility index (Phi) is 51.0. The van der Waals surface area contributed by atoms with Gasteiger partial charge in [0, 0.05) is 12.8 Å². The molecule has 0 saturated heterocycles. The SMILES string of the molecule is CCCCCCCCCCCCCCCCC(=O)OCCCCCCCCCCC/C=C\CCCCCCCCCC(=O)NC(CO)C(O)CCCCCCCCCCCCC. The molecule has 2 atom stereocenters. The van der Waals surface area contributed by atoms with E-state index in [1.165, 1.54) is 238 Å². The molecule has 0 aromatic rings. The molecule has 6 heteroatoms. The van der Waals surface area contributed by atoms with Crippen molar-refractivity contribution in [3.8, 4) is 0 Å². The highest BCUT2D eigenvalue weighted by Gasteiger charge is 2.20. The zero-order valence-corrected chi connectivity index (χ0v) is 41.9. The summed E-state index contributed by atoms with van der Waals surface area (Å²) < 4.78 is 5.47. The van der Waals surface area contributed by atoms with E-state index in [0.717, 1.165) is 38.5 Å². The number of hydrogen-bond donors (Lipinski definition) is 3. The van der Waals surface area contributed by atoms with Crippen molar-refractivity contribution in [2.75, 3.05) is 13.2 Å². The first-order valence-corrected chi connectivity index (χ1v) is 27.9. The van der Waals surface area contributed by atoms with Gasteiger partial charge in [0.1, 0.15) is 0 Å². The van der Waals surface area contributed by atoms with E-state index in [1.807, 2.05) is 0 Å². The summed E-state index contributed by atoms with van der Waals surface area (Å²) in [7, 11) is 0. The third-order valence-electron chi connectivity index (χ3n) is 13.1. The summed E-state index contributed by atoms with van der Waals surface area (Å²) in [5, 5.41) is 23.1. The molecule has 6 nitrogen and oxygen atoms in total. The molecule has 0 rings (SSSR count). The van der Waals surface area contributed by atoms with E-state index in [2.05, 4.69) is 31.3 Å². The topological polar surface area (TPSA) is 95.9 Å². The molecule has 0 saturated carbocycles. The molecule has 0 spiro atoms. The number of carbonyl (C=O) groups is 2. The van der Waals surface area contributed by atoms with Gasteiger partial charge >= 0.3 is 5.97 Å². The Balaban J connectivity index is 3.40. The molecule has 1 amide bonds. The maximum atomic E-state index is 12.4. The Hall–Kier alpha value is -1.40. The Morgan fingerprint density at radius 2 is 0.758 bits per heavy atom. The number of ether oxygens (including phenoxy) is 1. The quantitative estimate of drug-likeness (QED) is 0.0321. The molecule has 0 fully saturated rings. The minimum Gasteiger partial charge on any atom is -0.466 e. The second-order valence-corrected chi connectivity index (χ2v) is 19.3. The molecule has 62 heavy (non-hydrogen) atoms. The van der Waals surface area contributed by atoms with Gasteiger partial charge in [0.15, 0.2) is 0 Å². The third kappa shape index (κ3) is 48.1. The lowest BCUT2D eigenvalue weighted by Gasteiger charge is -2.22. The summed E-state index contributed by atoms with van der Waals surface area (Å²) in [6.07, 6.45) is 60.6. The lowest BCUT2D eigenvalue weighted by molar-refractivity contribution is -0.143. The van der Waals surface area contributed by atoms with E-state index in [9.17, 15) is 19.8 Å². The highest BCUT2D eigenvalue weighted by atomic mass is 16.5. The minimum atomic E-state index is -0.667. The fourth-order valence-corrected chi connectivity index (χ4v) is 8.75. The smallest absolute Gasteiger partial charge is 0.305 e. The summed E-state index contributed by atoms with van der Waals surface area (Å²) in [5.41, 5.74) is 0. The van der Waals surface area contributed by atoms with Crippen molar-refractivity contribution in [1.82, 2.24) is 5.32 Å². The van der Waals surface area contributed by atoms with Crippen molar-refractivity contribution in [1.29, 1.82) is 0 Å². The number of allylic oxidation sites excluding steroid dienone is 2. The van der Waals surface area contributed by atoms with Crippen LogP contribution in [0.3, 0.4) is 0 Å². The van der Waals surface area contributed by atoms with Gasteiger partial charge in [-0.1, -0.05) is 257 Å². The van der Waals surface area contributed by atoms with Gasteiger partial charge < -0.3 is 20.3 Å². The van der Waals surface area contributed by atoms with Crippen LogP contribution in [0.4, 0.5) is 0 Å². The Labute approximate surface area is 387 Å². The predicted molar refractivity (Wildman–Crippen MR) is 269 cm³/mol. The number of unbranched alkanes of at least 4 members (excludes halogenated alkanes) is 39. The summed E-state index contributed by atoms with van der Waals surface area (Å²) in [4.78, 5) is 24.5. The zero-order chi connectivity index (χ0) is 45.1. The van der Waals surface area contributed by atoms with Crippen molar-refractivity contribution in [2.45, 2.75) is 321 Å². The first kappa shape index (κ1) is 60.6. The van der Waals surface area contributed by atoms with Crippen molar-refractivity contribution in [3.63, 3.8) is 0 Å². The van der Waals surface area contributed by atoms with Crippen molar-refractivity contribution >= 4 is 11.9 Å². The predicted octanol–water partition coefficient (Wildman–Crippen LogP) is 16.9. The summed E-state index contributed by atoms with van der Waals surface area (Å²) in [6.45, 7) is 4.95. The number of aliphatic hydroxyl groups excluding tert-OH is 2. The number of aliphatic hydroxyl groups is 2. The zero-order valence-electron chi connectivity index (χ0n) is 41.9. The molecule has 0 radical (unpaired) electrons. The minimum absolute atomic E-state index is 0.00869. The standard InChI is InChI=1S/C56H109NO5/c1-3-5-7-9-11-13-15-16-26-30-34-38-42-46-50-56(61)62-51-47-43-39-35-31-27-24-22-20-18-17-19-21-23-25-29-33-37-41-45-49-55(60)57-53(52-58)54(59)48-44-40-36-32-28-14-12-10-8-6-4-2/h17,19,53-54,58-59H,3-16,18,20-52H2,1-2H3,(H,57,60)/b19-17-. The average molecular weight is 876 g/mol. The van der Waals surface area contributed by atoms with Crippen LogP contribution in [-0.2, 0) is 14.3 Å². The largest absolute Gasteiger partial charge is 0.466 e. The molecular formula is C56H109NO5. The molecule has 0 heterocycles. The Morgan fingerprint density at radius 3 is 1.15 bits per heavy atom. The molecule has 3 N–H and O–H groups in total. The van der Waals surface area contributed by atoms with Gasteiger partial charge in [-0.05, 0) is 51.4 Å². The molecule has 0 aromatic carbocycles. The summed E-state index contributed by atoms with van der Waals surface area (Å²) >= 11 is 0. The van der Waals surface area contributed by atoms with Gasteiger partial charge in [-0.25, -0.2) is 0 Å². The fraction of sp³-hybridized carbons (Fsp3) is 0.929. The molecule has 0 bridgehead atoms. The highest BCUT2D eigenvalue weighted by molar-refractivity contribution is 5.76. The van der Waals surface area contributed by atoms with Gasteiger partial charge in [-0.2, -0.15) is 0 Å². The van der Waals surface area contributed by atoms with E-state index in [-0.39, 0.29) is 18.5 Å². The van der Waals surface area contributed by atoms with Crippen LogP contribution in [0.25, 0.3) is 0 Å². The summed E-state index contributed by atoms with van der Waals surface area (Å²) in [5.74, 6) is -0.0351. The molecule has 0 aliphatic carbocycles. The maximum absolute atomic E-state index is 12.4. The van der Waals surface area contributed by atoms with E-state index < -0.39 is 12.1 Å². The number of nitrogens with one attached hydrogen (secondary N) is 1. The van der Waals surface area contributed by atoms with Crippen molar-refractivity contribution in [3.05, 3.63) is 12.2 Å². The third-order valence-corrected chi connectivity index (χ3v) is 13.1. The van der Waals surface area contributed by atoms with Crippen LogP contribution in [0.2, 0.25) is 0 Å². The first-order chi connectivity index (χ1) is 30.5. The van der Waals surface area contributed by atoms with E-state index in [4.69, 9.17) is 4.74 Å². The fourth-order valence-electron chi connectivity index (χ4n) is 8.75.